The van der Waals surface area contributed by atoms with Crippen LogP contribution in [0.25, 0.3) is 0 Å². The third-order valence-corrected chi connectivity index (χ3v) is 2.32. The Bertz CT molecular complexity index is 283. The van der Waals surface area contributed by atoms with E-state index < -0.39 is 17.9 Å². The Hall–Kier alpha value is -1.19. The van der Waals surface area contributed by atoms with E-state index in [1.807, 2.05) is 13.8 Å². The molecule has 1 fully saturated rings. The summed E-state index contributed by atoms with van der Waals surface area (Å²) in [6.07, 6.45) is 0.606. The lowest BCUT2D eigenvalue weighted by atomic mass is 9.95. The zero-order valence-electron chi connectivity index (χ0n) is 8.66. The van der Waals surface area contributed by atoms with Crippen LogP contribution in [0.2, 0.25) is 0 Å². The number of carbonyl (C=O) groups excluding carboxylic acids is 3. The molecule has 0 saturated carbocycles. The smallest absolute Gasteiger partial charge is 0.238 e. The van der Waals surface area contributed by atoms with Crippen LogP contribution in [0.4, 0.5) is 0 Å². The lowest BCUT2D eigenvalue weighted by molar-refractivity contribution is -0.135. The molecule has 1 aliphatic heterocycles. The predicted octanol–water partition coefficient (Wildman–Crippen LogP) is 0.305. The molecular weight excluding hydrogens is 182 g/mol. The van der Waals surface area contributed by atoms with Crippen molar-refractivity contribution in [3.05, 3.63) is 0 Å². The number of hydrogen-bond acceptors (Lipinski definition) is 3. The fourth-order valence-electron chi connectivity index (χ4n) is 1.69. The molecule has 4 heteroatoms. The third kappa shape index (κ3) is 2.00. The van der Waals surface area contributed by atoms with Crippen molar-refractivity contribution in [2.75, 3.05) is 0 Å². The van der Waals surface area contributed by atoms with Crippen molar-refractivity contribution in [3.63, 3.8) is 0 Å². The zero-order chi connectivity index (χ0) is 10.9. The highest BCUT2D eigenvalue weighted by Gasteiger charge is 2.43. The maximum atomic E-state index is 11.6. The first kappa shape index (κ1) is 10.9. The van der Waals surface area contributed by atoms with Crippen LogP contribution in [0, 0.1) is 11.8 Å². The molecule has 0 aliphatic carbocycles. The molecule has 14 heavy (non-hydrogen) atoms. The molecular formula is C10H15NO3. The molecule has 4 nitrogen and oxygen atoms in total. The Labute approximate surface area is 83.1 Å². The lowest BCUT2D eigenvalue weighted by Crippen LogP contribution is -2.30. The van der Waals surface area contributed by atoms with Gasteiger partial charge in [0.2, 0.25) is 5.91 Å². The summed E-state index contributed by atoms with van der Waals surface area (Å²) in [5.41, 5.74) is 0. The summed E-state index contributed by atoms with van der Waals surface area (Å²) in [6, 6.07) is -0.462. The van der Waals surface area contributed by atoms with E-state index in [-0.39, 0.29) is 11.6 Å². The van der Waals surface area contributed by atoms with E-state index in [1.165, 1.54) is 6.92 Å². The summed E-state index contributed by atoms with van der Waals surface area (Å²) in [4.78, 5) is 33.9. The van der Waals surface area contributed by atoms with Crippen LogP contribution in [0.1, 0.15) is 27.2 Å². The second-order valence-electron chi connectivity index (χ2n) is 4.14. The predicted molar refractivity (Wildman–Crippen MR) is 50.6 cm³/mol. The minimum absolute atomic E-state index is 0.267. The van der Waals surface area contributed by atoms with Gasteiger partial charge in [-0.25, -0.2) is 0 Å². The largest absolute Gasteiger partial charge is 0.345 e. The third-order valence-electron chi connectivity index (χ3n) is 2.32. The van der Waals surface area contributed by atoms with Crippen LogP contribution >= 0.6 is 0 Å². The van der Waals surface area contributed by atoms with Crippen molar-refractivity contribution >= 4 is 17.5 Å². The van der Waals surface area contributed by atoms with Gasteiger partial charge in [-0.3, -0.25) is 14.4 Å². The molecule has 1 aliphatic rings. The van der Waals surface area contributed by atoms with Crippen molar-refractivity contribution in [2.45, 2.75) is 33.2 Å². The van der Waals surface area contributed by atoms with Crippen LogP contribution in [0.3, 0.4) is 0 Å². The first-order chi connectivity index (χ1) is 6.43. The topological polar surface area (TPSA) is 63.2 Å². The van der Waals surface area contributed by atoms with Crippen LogP contribution < -0.4 is 5.32 Å². The van der Waals surface area contributed by atoms with Gasteiger partial charge >= 0.3 is 0 Å². The van der Waals surface area contributed by atoms with Crippen molar-refractivity contribution in [2.24, 2.45) is 11.8 Å². The summed E-state index contributed by atoms with van der Waals surface area (Å²) >= 11 is 0. The lowest BCUT2D eigenvalue weighted by Gasteiger charge is -2.10. The Kier molecular flexibility index (Phi) is 3.03. The molecule has 0 unspecified atom stereocenters. The quantitative estimate of drug-likeness (QED) is 0.662. The van der Waals surface area contributed by atoms with Crippen molar-refractivity contribution < 1.29 is 14.4 Å². The van der Waals surface area contributed by atoms with Gasteiger partial charge in [0.15, 0.2) is 11.7 Å². The van der Waals surface area contributed by atoms with Gasteiger partial charge in [0.1, 0.15) is 5.78 Å². The second-order valence-corrected chi connectivity index (χ2v) is 4.14. The minimum Gasteiger partial charge on any atom is -0.345 e. The number of carbonyl (C=O) groups is 3. The van der Waals surface area contributed by atoms with Crippen molar-refractivity contribution in [1.29, 1.82) is 0 Å². The maximum absolute atomic E-state index is 11.6. The molecule has 78 valence electrons. The first-order valence-corrected chi connectivity index (χ1v) is 4.78. The Morgan fingerprint density at radius 2 is 2.00 bits per heavy atom. The standard InChI is InChI=1S/C10H15NO3/c1-5(2)4-7-9(13)8(6(3)12)10(14)11-7/h5,7-8H,4H2,1-3H3,(H,11,14)/t7-,8+/m1/s1. The van der Waals surface area contributed by atoms with Gasteiger partial charge in [-0.2, -0.15) is 0 Å². The van der Waals surface area contributed by atoms with Crippen LogP contribution in [-0.2, 0) is 14.4 Å². The highest BCUT2D eigenvalue weighted by molar-refractivity contribution is 6.23. The highest BCUT2D eigenvalue weighted by Crippen LogP contribution is 2.17. The zero-order valence-corrected chi connectivity index (χ0v) is 8.66. The van der Waals surface area contributed by atoms with E-state index in [0.717, 1.165) is 0 Å². The van der Waals surface area contributed by atoms with Gasteiger partial charge in [-0.05, 0) is 19.3 Å². The molecule has 0 spiro atoms. The van der Waals surface area contributed by atoms with Crippen LogP contribution in [0.5, 0.6) is 0 Å². The molecule has 0 aromatic carbocycles. The van der Waals surface area contributed by atoms with E-state index in [2.05, 4.69) is 5.32 Å². The summed E-state index contributed by atoms with van der Waals surface area (Å²) < 4.78 is 0. The molecule has 1 rings (SSSR count). The summed E-state index contributed by atoms with van der Waals surface area (Å²) in [6.45, 7) is 5.22. The molecule has 0 radical (unpaired) electrons. The Balaban J connectivity index is 2.74. The van der Waals surface area contributed by atoms with E-state index >= 15 is 0 Å². The Morgan fingerprint density at radius 1 is 1.43 bits per heavy atom. The van der Waals surface area contributed by atoms with E-state index in [4.69, 9.17) is 0 Å². The number of nitrogens with one attached hydrogen (secondary N) is 1. The van der Waals surface area contributed by atoms with Gasteiger partial charge < -0.3 is 5.32 Å². The van der Waals surface area contributed by atoms with Crippen LogP contribution in [0.15, 0.2) is 0 Å². The van der Waals surface area contributed by atoms with Gasteiger partial charge in [0, 0.05) is 0 Å². The van der Waals surface area contributed by atoms with Crippen molar-refractivity contribution in [3.8, 4) is 0 Å². The van der Waals surface area contributed by atoms with Gasteiger partial charge in [-0.15, -0.1) is 0 Å². The number of hydrogen-bond donors (Lipinski definition) is 1. The maximum Gasteiger partial charge on any atom is 0.238 e. The highest BCUT2D eigenvalue weighted by atomic mass is 16.2. The van der Waals surface area contributed by atoms with Gasteiger partial charge in [-0.1, -0.05) is 13.8 Å². The number of amides is 1. The molecule has 1 saturated heterocycles. The molecule has 0 bridgehead atoms. The van der Waals surface area contributed by atoms with E-state index in [0.29, 0.717) is 12.3 Å². The monoisotopic (exact) mass is 197 g/mol. The molecule has 1 heterocycles. The fourth-order valence-corrected chi connectivity index (χ4v) is 1.69. The average Bonchev–Trinajstić information content (AvgIpc) is 2.25. The van der Waals surface area contributed by atoms with Crippen LogP contribution in [-0.4, -0.2) is 23.5 Å². The molecule has 2 atom stereocenters. The fraction of sp³-hybridized carbons (Fsp3) is 0.700. The summed E-state index contributed by atoms with van der Waals surface area (Å²) in [5, 5.41) is 2.56. The average molecular weight is 197 g/mol. The number of ketones is 2. The molecule has 1 amide bonds. The number of rotatable bonds is 3. The normalized spacial score (nSPS) is 26.9. The first-order valence-electron chi connectivity index (χ1n) is 4.78. The van der Waals surface area contributed by atoms with Crippen molar-refractivity contribution in [1.82, 2.24) is 5.32 Å². The molecule has 0 aromatic heterocycles. The molecule has 0 aromatic rings. The van der Waals surface area contributed by atoms with E-state index in [1.54, 1.807) is 0 Å². The summed E-state index contributed by atoms with van der Waals surface area (Å²) in [7, 11) is 0. The van der Waals surface area contributed by atoms with Gasteiger partial charge in [0.05, 0.1) is 6.04 Å². The molecule has 1 N–H and O–H groups in total. The minimum atomic E-state index is -1.06. The van der Waals surface area contributed by atoms with Gasteiger partial charge in [0.25, 0.3) is 0 Å². The second kappa shape index (κ2) is 3.90. The number of Topliss-reactive ketones (excluding diaryl/α,β-unsaturated/α-hetero) is 2. The SMILES string of the molecule is CC(=O)[C@@H]1C(=O)N[C@H](CC(C)C)C1=O. The van der Waals surface area contributed by atoms with E-state index in [9.17, 15) is 14.4 Å². The Morgan fingerprint density at radius 3 is 2.36 bits per heavy atom. The summed E-state index contributed by atoms with van der Waals surface area (Å²) in [5.74, 6) is -1.79.